The lowest BCUT2D eigenvalue weighted by Crippen LogP contribution is -2.23. The summed E-state index contributed by atoms with van der Waals surface area (Å²) >= 11 is 0. The minimum absolute atomic E-state index is 0.476. The van der Waals surface area contributed by atoms with Crippen LogP contribution in [0.4, 0.5) is 37.7 Å². The number of benzene rings is 2. The van der Waals surface area contributed by atoms with Crippen molar-refractivity contribution in [1.29, 1.82) is 0 Å². The third-order valence-corrected chi connectivity index (χ3v) is 4.95. The van der Waals surface area contributed by atoms with E-state index in [-0.39, 0.29) is 0 Å². The Hall–Kier alpha value is -4.56. The largest absolute Gasteiger partial charge is 0.461 e. The number of pyridine rings is 1. The van der Waals surface area contributed by atoms with E-state index >= 15 is 0 Å². The topological polar surface area (TPSA) is 125 Å². The second kappa shape index (κ2) is 9.83. The van der Waals surface area contributed by atoms with Crippen LogP contribution >= 0.6 is 0 Å². The second-order valence-corrected chi connectivity index (χ2v) is 7.26. The molecule has 0 fully saturated rings. The zero-order valence-corrected chi connectivity index (χ0v) is 18.4. The number of ether oxygens (including phenoxy) is 1. The van der Waals surface area contributed by atoms with Gasteiger partial charge in [0, 0.05) is 35.4 Å². The number of alkyl halides is 6. The van der Waals surface area contributed by atoms with Crippen molar-refractivity contribution in [2.24, 2.45) is 0 Å². The Bertz CT molecular complexity index is 1370. The second-order valence-electron chi connectivity index (χ2n) is 7.26. The molecule has 3 aromatic rings. The Morgan fingerprint density at radius 2 is 1.24 bits per heavy atom. The fourth-order valence-corrected chi connectivity index (χ4v) is 3.48. The van der Waals surface area contributed by atoms with Crippen LogP contribution in [0.3, 0.4) is 0 Å². The molecule has 0 aliphatic heterocycles. The lowest BCUT2D eigenvalue weighted by molar-refractivity contribution is -0.385. The van der Waals surface area contributed by atoms with E-state index in [1.54, 1.807) is 0 Å². The molecule has 0 saturated heterocycles. The highest BCUT2D eigenvalue weighted by atomic mass is 19.4. The van der Waals surface area contributed by atoms with E-state index in [0.29, 0.717) is 0 Å². The minimum Gasteiger partial charge on any atom is -0.461 e. The van der Waals surface area contributed by atoms with Crippen LogP contribution < -0.4 is 0 Å². The van der Waals surface area contributed by atoms with E-state index in [1.165, 1.54) is 6.92 Å². The average Bonchev–Trinajstić information content (AvgIpc) is 2.81. The third-order valence-electron chi connectivity index (χ3n) is 4.95. The van der Waals surface area contributed by atoms with Gasteiger partial charge in [0.1, 0.15) is 0 Å². The molecule has 37 heavy (non-hydrogen) atoms. The number of non-ortho nitro benzene ring substituents is 2. The molecule has 9 nitrogen and oxygen atoms in total. The van der Waals surface area contributed by atoms with E-state index < -0.39 is 85.4 Å². The third kappa shape index (κ3) is 5.49. The molecule has 15 heteroatoms. The molecule has 1 heterocycles. The molecule has 194 valence electrons. The van der Waals surface area contributed by atoms with Gasteiger partial charge >= 0.3 is 18.3 Å². The molecule has 0 saturated carbocycles. The van der Waals surface area contributed by atoms with Crippen LogP contribution in [0.15, 0.2) is 48.5 Å². The summed E-state index contributed by atoms with van der Waals surface area (Å²) in [5.41, 5.74) is -9.97. The van der Waals surface area contributed by atoms with Crippen molar-refractivity contribution in [2.75, 3.05) is 6.61 Å². The number of carbonyl (C=O) groups excluding carboxylic acids is 1. The van der Waals surface area contributed by atoms with Crippen LogP contribution in [0.1, 0.15) is 28.7 Å². The molecular weight excluding hydrogens is 516 g/mol. The number of esters is 1. The summed E-state index contributed by atoms with van der Waals surface area (Å²) in [5.74, 6) is -1.78. The summed E-state index contributed by atoms with van der Waals surface area (Å²) in [5, 5.41) is 22.0. The Labute approximate surface area is 202 Å². The summed E-state index contributed by atoms with van der Waals surface area (Å²) in [7, 11) is 0. The standard InChI is InChI=1S/C22H13F6N3O6/c1-2-37-20(32)18-17(21(23,24)25)15(11-3-7-13(8-4-11)30(33)34)16(19(29-18)22(26,27)28)12-5-9-14(10-6-12)31(35)36/h3-10H,2H2,1H3. The van der Waals surface area contributed by atoms with Crippen LogP contribution in [-0.2, 0) is 17.1 Å². The minimum atomic E-state index is -5.45. The fourth-order valence-electron chi connectivity index (χ4n) is 3.48. The van der Waals surface area contributed by atoms with Crippen LogP contribution in [-0.4, -0.2) is 27.4 Å². The first-order chi connectivity index (χ1) is 17.2. The maximum absolute atomic E-state index is 14.4. The van der Waals surface area contributed by atoms with Crippen LogP contribution in [0.25, 0.3) is 22.3 Å². The molecule has 0 N–H and O–H groups in total. The molecule has 0 amide bonds. The smallest absolute Gasteiger partial charge is 0.434 e. The van der Waals surface area contributed by atoms with Gasteiger partial charge in [-0.2, -0.15) is 26.3 Å². The number of carbonyl (C=O) groups is 1. The van der Waals surface area contributed by atoms with Gasteiger partial charge in [0.05, 0.1) is 22.0 Å². The maximum Gasteiger partial charge on any atom is 0.434 e. The molecule has 0 aliphatic carbocycles. The van der Waals surface area contributed by atoms with Crippen molar-refractivity contribution in [3.05, 3.63) is 85.7 Å². The van der Waals surface area contributed by atoms with E-state index in [4.69, 9.17) is 0 Å². The monoisotopic (exact) mass is 529 g/mol. The van der Waals surface area contributed by atoms with Crippen molar-refractivity contribution in [1.82, 2.24) is 4.98 Å². The maximum atomic E-state index is 14.4. The van der Waals surface area contributed by atoms with Gasteiger partial charge in [-0.3, -0.25) is 20.2 Å². The first kappa shape index (κ1) is 27.0. The molecule has 0 atom stereocenters. The fraction of sp³-hybridized carbons (Fsp3) is 0.182. The molecule has 1 aromatic heterocycles. The molecule has 0 radical (unpaired) electrons. The quantitative estimate of drug-likeness (QED) is 0.156. The summed E-state index contributed by atoms with van der Waals surface area (Å²) < 4.78 is 90.2. The Morgan fingerprint density at radius 1 is 0.811 bits per heavy atom. The Kier molecular flexibility index (Phi) is 7.18. The SMILES string of the molecule is CCOC(=O)c1nc(C(F)(F)F)c(-c2ccc([N+](=O)[O-])cc2)c(-c2ccc([N+](=O)[O-])cc2)c1C(F)(F)F. The van der Waals surface area contributed by atoms with Gasteiger partial charge < -0.3 is 4.74 Å². The van der Waals surface area contributed by atoms with E-state index in [1.807, 2.05) is 0 Å². The van der Waals surface area contributed by atoms with E-state index in [2.05, 4.69) is 9.72 Å². The molecule has 0 unspecified atom stereocenters. The van der Waals surface area contributed by atoms with E-state index in [9.17, 15) is 51.4 Å². The van der Waals surface area contributed by atoms with Gasteiger partial charge in [0.25, 0.3) is 11.4 Å². The average molecular weight is 529 g/mol. The van der Waals surface area contributed by atoms with Gasteiger partial charge in [-0.05, 0) is 42.3 Å². The summed E-state index contributed by atoms with van der Waals surface area (Å²) in [6.45, 7) is 0.744. The summed E-state index contributed by atoms with van der Waals surface area (Å²) in [6, 6.07) is 6.26. The highest BCUT2D eigenvalue weighted by Gasteiger charge is 2.46. The van der Waals surface area contributed by atoms with Gasteiger partial charge in [0.2, 0.25) is 0 Å². The van der Waals surface area contributed by atoms with Gasteiger partial charge in [-0.15, -0.1) is 0 Å². The number of nitrogens with zero attached hydrogens (tertiary/aromatic N) is 3. The summed E-state index contributed by atoms with van der Waals surface area (Å²) in [4.78, 5) is 35.6. The van der Waals surface area contributed by atoms with Crippen LogP contribution in [0.2, 0.25) is 0 Å². The highest BCUT2D eigenvalue weighted by Crippen LogP contribution is 2.49. The number of halogens is 6. The van der Waals surface area contributed by atoms with Gasteiger partial charge in [0.15, 0.2) is 11.4 Å². The highest BCUT2D eigenvalue weighted by molar-refractivity contribution is 5.97. The zero-order chi connectivity index (χ0) is 27.7. The number of aromatic nitrogens is 1. The van der Waals surface area contributed by atoms with Crippen molar-refractivity contribution in [3.63, 3.8) is 0 Å². The van der Waals surface area contributed by atoms with Crippen molar-refractivity contribution < 1.29 is 45.7 Å². The Balaban J connectivity index is 2.58. The van der Waals surface area contributed by atoms with Gasteiger partial charge in [-0.25, -0.2) is 9.78 Å². The number of hydrogen-bond acceptors (Lipinski definition) is 7. The van der Waals surface area contributed by atoms with Crippen LogP contribution in [0, 0.1) is 20.2 Å². The van der Waals surface area contributed by atoms with Gasteiger partial charge in [-0.1, -0.05) is 0 Å². The first-order valence-corrected chi connectivity index (χ1v) is 10.1. The number of nitro benzene ring substituents is 2. The normalized spacial score (nSPS) is 11.8. The first-order valence-electron chi connectivity index (χ1n) is 10.1. The molecule has 3 rings (SSSR count). The lowest BCUT2D eigenvalue weighted by Gasteiger charge is -2.23. The molecule has 0 bridgehead atoms. The molecular formula is C22H13F6N3O6. The number of nitro groups is 2. The van der Waals surface area contributed by atoms with E-state index in [0.717, 1.165) is 48.5 Å². The number of rotatable bonds is 6. The van der Waals surface area contributed by atoms with Crippen molar-refractivity contribution >= 4 is 17.3 Å². The molecule has 0 aliphatic rings. The Morgan fingerprint density at radius 3 is 1.59 bits per heavy atom. The lowest BCUT2D eigenvalue weighted by atomic mass is 9.87. The molecule has 2 aromatic carbocycles. The van der Waals surface area contributed by atoms with Crippen LogP contribution in [0.5, 0.6) is 0 Å². The summed E-state index contributed by atoms with van der Waals surface area (Å²) in [6.07, 6.45) is -10.9. The van der Waals surface area contributed by atoms with Crippen molar-refractivity contribution in [3.8, 4) is 22.3 Å². The van der Waals surface area contributed by atoms with Crippen molar-refractivity contribution in [2.45, 2.75) is 19.3 Å². The predicted molar refractivity (Wildman–Crippen MR) is 114 cm³/mol. The predicted octanol–water partition coefficient (Wildman–Crippen LogP) is 6.45. The molecule has 0 spiro atoms. The number of hydrogen-bond donors (Lipinski definition) is 0. The zero-order valence-electron chi connectivity index (χ0n) is 18.4.